The van der Waals surface area contributed by atoms with Crippen LogP contribution in [0.25, 0.3) is 0 Å². The Morgan fingerprint density at radius 2 is 1.35 bits per heavy atom. The predicted molar refractivity (Wildman–Crippen MR) is 129 cm³/mol. The van der Waals surface area contributed by atoms with Gasteiger partial charge in [-0.25, -0.2) is 0 Å². The lowest BCUT2D eigenvalue weighted by Crippen LogP contribution is -2.38. The molecule has 0 spiro atoms. The fourth-order valence-corrected chi connectivity index (χ4v) is 4.04. The average molecular weight is 423 g/mol. The van der Waals surface area contributed by atoms with Crippen molar-refractivity contribution in [3.63, 3.8) is 0 Å². The van der Waals surface area contributed by atoms with Crippen molar-refractivity contribution in [3.8, 4) is 0 Å². The number of rotatable bonds is 12. The maximum absolute atomic E-state index is 12.7. The van der Waals surface area contributed by atoms with Crippen LogP contribution in [-0.2, 0) is 0 Å². The van der Waals surface area contributed by atoms with E-state index < -0.39 is 0 Å². The number of amides is 2. The first-order valence-corrected chi connectivity index (χ1v) is 11.6. The second-order valence-electron chi connectivity index (χ2n) is 8.74. The van der Waals surface area contributed by atoms with E-state index in [1.807, 2.05) is 62.4 Å². The van der Waals surface area contributed by atoms with Crippen LogP contribution in [0.1, 0.15) is 84.2 Å². The molecular formula is C27H38N2O2. The fourth-order valence-electron chi connectivity index (χ4n) is 4.04. The van der Waals surface area contributed by atoms with Gasteiger partial charge in [-0.05, 0) is 69.2 Å². The normalized spacial score (nSPS) is 12.8. The molecule has 2 aromatic rings. The van der Waals surface area contributed by atoms with Crippen molar-refractivity contribution in [1.29, 1.82) is 0 Å². The zero-order valence-corrected chi connectivity index (χ0v) is 19.6. The number of hydrogen-bond acceptors (Lipinski definition) is 2. The van der Waals surface area contributed by atoms with Gasteiger partial charge in [-0.2, -0.15) is 0 Å². The predicted octanol–water partition coefficient (Wildman–Crippen LogP) is 5.83. The van der Waals surface area contributed by atoms with Gasteiger partial charge in [-0.1, -0.05) is 62.1 Å². The van der Waals surface area contributed by atoms with Gasteiger partial charge in [-0.15, -0.1) is 0 Å². The summed E-state index contributed by atoms with van der Waals surface area (Å²) in [6.07, 6.45) is 6.25. The molecule has 1 unspecified atom stereocenters. The molecule has 2 aromatic carbocycles. The molecule has 0 saturated carbocycles. The number of nitrogens with one attached hydrogen (secondary N) is 2. The number of aryl methyl sites for hydroxylation is 2. The topological polar surface area (TPSA) is 58.2 Å². The molecular weight excluding hydrogens is 384 g/mol. The zero-order valence-electron chi connectivity index (χ0n) is 19.6. The van der Waals surface area contributed by atoms with Crippen molar-refractivity contribution in [3.05, 3.63) is 70.8 Å². The van der Waals surface area contributed by atoms with Gasteiger partial charge in [0.1, 0.15) is 0 Å². The molecule has 0 aliphatic heterocycles. The van der Waals surface area contributed by atoms with E-state index in [4.69, 9.17) is 0 Å². The molecule has 2 amide bonds. The number of carbonyl (C=O) groups is 2. The van der Waals surface area contributed by atoms with E-state index in [1.54, 1.807) is 0 Å². The summed E-state index contributed by atoms with van der Waals surface area (Å²) in [6.45, 7) is 9.72. The molecule has 0 aliphatic rings. The first-order chi connectivity index (χ1) is 14.9. The van der Waals surface area contributed by atoms with Crippen LogP contribution in [0.15, 0.2) is 48.5 Å². The standard InChI is InChI=1S/C27H38N2O2/c1-5-7-15-27(6-2,20-29-26(31)24-14-9-12-22(4)19-24)16-10-17-28-25(30)23-13-8-11-21(3)18-23/h8-9,11-14,18-19H,5-7,10,15-17,20H2,1-4H3,(H,28,30)(H,29,31). The van der Waals surface area contributed by atoms with Crippen molar-refractivity contribution in [1.82, 2.24) is 10.6 Å². The fraction of sp³-hybridized carbons (Fsp3) is 0.481. The van der Waals surface area contributed by atoms with Gasteiger partial charge in [0.15, 0.2) is 0 Å². The molecule has 0 fully saturated rings. The maximum Gasteiger partial charge on any atom is 0.251 e. The quantitative estimate of drug-likeness (QED) is 0.423. The lowest BCUT2D eigenvalue weighted by molar-refractivity contribution is 0.0916. The highest BCUT2D eigenvalue weighted by atomic mass is 16.2. The van der Waals surface area contributed by atoms with Crippen LogP contribution >= 0.6 is 0 Å². The molecule has 0 aliphatic carbocycles. The minimum absolute atomic E-state index is 0.00854. The third-order valence-corrected chi connectivity index (χ3v) is 6.16. The Bertz CT molecular complexity index is 862. The monoisotopic (exact) mass is 422 g/mol. The summed E-state index contributed by atoms with van der Waals surface area (Å²) in [7, 11) is 0. The summed E-state index contributed by atoms with van der Waals surface area (Å²) in [5, 5.41) is 6.23. The maximum atomic E-state index is 12.7. The molecule has 0 saturated heterocycles. The molecule has 4 heteroatoms. The van der Waals surface area contributed by atoms with Crippen molar-refractivity contribution in [2.75, 3.05) is 13.1 Å². The molecule has 2 rings (SSSR count). The molecule has 31 heavy (non-hydrogen) atoms. The largest absolute Gasteiger partial charge is 0.352 e. The summed E-state index contributed by atoms with van der Waals surface area (Å²) in [4.78, 5) is 25.1. The van der Waals surface area contributed by atoms with Crippen LogP contribution in [0.3, 0.4) is 0 Å². The molecule has 1 atom stereocenters. The van der Waals surface area contributed by atoms with E-state index in [-0.39, 0.29) is 17.2 Å². The van der Waals surface area contributed by atoms with E-state index in [0.717, 1.165) is 49.7 Å². The Balaban J connectivity index is 1.92. The molecule has 168 valence electrons. The van der Waals surface area contributed by atoms with Crippen LogP contribution in [0.4, 0.5) is 0 Å². The lowest BCUT2D eigenvalue weighted by atomic mass is 9.76. The summed E-state index contributed by atoms with van der Waals surface area (Å²) in [5.41, 5.74) is 3.65. The molecule has 0 bridgehead atoms. The van der Waals surface area contributed by atoms with E-state index >= 15 is 0 Å². The molecule has 2 N–H and O–H groups in total. The third-order valence-electron chi connectivity index (χ3n) is 6.16. The second-order valence-corrected chi connectivity index (χ2v) is 8.74. The second kappa shape index (κ2) is 12.3. The Kier molecular flexibility index (Phi) is 9.77. The van der Waals surface area contributed by atoms with Gasteiger partial charge >= 0.3 is 0 Å². The van der Waals surface area contributed by atoms with Crippen LogP contribution < -0.4 is 10.6 Å². The lowest BCUT2D eigenvalue weighted by Gasteiger charge is -2.33. The highest BCUT2D eigenvalue weighted by Gasteiger charge is 2.28. The Morgan fingerprint density at radius 3 is 1.87 bits per heavy atom. The van der Waals surface area contributed by atoms with Crippen LogP contribution in [0, 0.1) is 19.3 Å². The number of carbonyl (C=O) groups excluding carboxylic acids is 2. The summed E-state index contributed by atoms with van der Waals surface area (Å²) < 4.78 is 0. The van der Waals surface area contributed by atoms with Crippen molar-refractivity contribution in [2.24, 2.45) is 5.41 Å². The van der Waals surface area contributed by atoms with Crippen molar-refractivity contribution >= 4 is 11.8 Å². The van der Waals surface area contributed by atoms with Gasteiger partial charge in [-0.3, -0.25) is 9.59 Å². The van der Waals surface area contributed by atoms with Gasteiger partial charge in [0.2, 0.25) is 0 Å². The van der Waals surface area contributed by atoms with Gasteiger partial charge in [0.05, 0.1) is 0 Å². The van der Waals surface area contributed by atoms with Gasteiger partial charge in [0, 0.05) is 24.2 Å². The van der Waals surface area contributed by atoms with Crippen LogP contribution in [0.2, 0.25) is 0 Å². The van der Waals surface area contributed by atoms with Gasteiger partial charge in [0.25, 0.3) is 11.8 Å². The van der Waals surface area contributed by atoms with E-state index in [0.29, 0.717) is 24.2 Å². The van der Waals surface area contributed by atoms with E-state index in [2.05, 4.69) is 24.5 Å². The van der Waals surface area contributed by atoms with Crippen molar-refractivity contribution in [2.45, 2.75) is 66.2 Å². The summed E-state index contributed by atoms with van der Waals surface area (Å²) in [5.74, 6) is -0.0297. The Hall–Kier alpha value is -2.62. The van der Waals surface area contributed by atoms with E-state index in [9.17, 15) is 9.59 Å². The SMILES string of the molecule is CCCCC(CC)(CCCNC(=O)c1cccc(C)c1)CNC(=O)c1cccc(C)c1. The third kappa shape index (κ3) is 7.86. The number of benzene rings is 2. The zero-order chi connectivity index (χ0) is 22.7. The number of hydrogen-bond donors (Lipinski definition) is 2. The first-order valence-electron chi connectivity index (χ1n) is 11.6. The summed E-state index contributed by atoms with van der Waals surface area (Å²) >= 11 is 0. The van der Waals surface area contributed by atoms with Crippen molar-refractivity contribution < 1.29 is 9.59 Å². The average Bonchev–Trinajstić information content (AvgIpc) is 2.77. The summed E-state index contributed by atoms with van der Waals surface area (Å²) in [6, 6.07) is 15.4. The Morgan fingerprint density at radius 1 is 0.806 bits per heavy atom. The highest BCUT2D eigenvalue weighted by molar-refractivity contribution is 5.94. The number of unbranched alkanes of at least 4 members (excludes halogenated alkanes) is 1. The highest BCUT2D eigenvalue weighted by Crippen LogP contribution is 2.33. The van der Waals surface area contributed by atoms with Crippen LogP contribution in [-0.4, -0.2) is 24.9 Å². The van der Waals surface area contributed by atoms with E-state index in [1.165, 1.54) is 0 Å². The Labute approximate surface area is 187 Å². The van der Waals surface area contributed by atoms with Gasteiger partial charge < -0.3 is 10.6 Å². The minimum atomic E-state index is -0.0212. The first kappa shape index (κ1) is 24.6. The minimum Gasteiger partial charge on any atom is -0.352 e. The molecule has 0 aromatic heterocycles. The van der Waals surface area contributed by atoms with Crippen LogP contribution in [0.5, 0.6) is 0 Å². The molecule has 0 radical (unpaired) electrons. The molecule has 0 heterocycles. The smallest absolute Gasteiger partial charge is 0.251 e. The molecule has 4 nitrogen and oxygen atoms in total.